The predicted molar refractivity (Wildman–Crippen MR) is 84.2 cm³/mol. The smallest absolute Gasteiger partial charge is 0.160 e. The van der Waals surface area contributed by atoms with Crippen molar-refractivity contribution < 1.29 is 4.39 Å². The second kappa shape index (κ2) is 4.74. The Morgan fingerprint density at radius 1 is 1.18 bits per heavy atom. The van der Waals surface area contributed by atoms with Crippen molar-refractivity contribution in [2.75, 3.05) is 0 Å². The number of aryl methyl sites for hydroxylation is 1. The third-order valence-corrected chi connectivity index (χ3v) is 4.11. The van der Waals surface area contributed by atoms with Gasteiger partial charge in [0.05, 0.1) is 28.6 Å². The van der Waals surface area contributed by atoms with Crippen LogP contribution in [0.15, 0.2) is 43.0 Å². The number of pyridine rings is 3. The Morgan fingerprint density at radius 3 is 2.82 bits per heavy atom. The summed E-state index contributed by atoms with van der Waals surface area (Å²) in [6.45, 7) is 0. The van der Waals surface area contributed by atoms with E-state index in [1.165, 1.54) is 0 Å². The Balaban J connectivity index is 2.11. The third-order valence-electron chi connectivity index (χ3n) is 3.74. The van der Waals surface area contributed by atoms with Gasteiger partial charge in [-0.15, -0.1) is 0 Å². The van der Waals surface area contributed by atoms with E-state index in [9.17, 15) is 4.39 Å². The predicted octanol–water partition coefficient (Wildman–Crippen LogP) is 3.98. The Bertz CT molecular complexity index is 1010. The summed E-state index contributed by atoms with van der Waals surface area (Å²) in [6.07, 6.45) is 6.32. The van der Waals surface area contributed by atoms with Crippen LogP contribution in [0, 0.1) is 5.82 Å². The maximum atomic E-state index is 13.8. The Labute approximate surface area is 130 Å². The minimum atomic E-state index is -0.526. The van der Waals surface area contributed by atoms with Crippen LogP contribution in [0.4, 0.5) is 4.39 Å². The molecule has 0 radical (unpaired) electrons. The zero-order chi connectivity index (χ0) is 15.3. The lowest BCUT2D eigenvalue weighted by Gasteiger charge is -2.01. The van der Waals surface area contributed by atoms with Crippen LogP contribution in [0.25, 0.3) is 33.2 Å². The molecule has 0 spiro atoms. The van der Waals surface area contributed by atoms with Gasteiger partial charge in [-0.25, -0.2) is 9.37 Å². The molecule has 0 aliphatic carbocycles. The maximum Gasteiger partial charge on any atom is 0.160 e. The summed E-state index contributed by atoms with van der Waals surface area (Å²) < 4.78 is 15.6. The van der Waals surface area contributed by atoms with Crippen molar-refractivity contribution in [1.29, 1.82) is 0 Å². The highest BCUT2D eigenvalue weighted by atomic mass is 35.5. The lowest BCUT2D eigenvalue weighted by molar-refractivity contribution is 0.624. The van der Waals surface area contributed by atoms with Crippen molar-refractivity contribution in [2.45, 2.75) is 0 Å². The van der Waals surface area contributed by atoms with Gasteiger partial charge in [0, 0.05) is 35.8 Å². The van der Waals surface area contributed by atoms with Gasteiger partial charge in [0.2, 0.25) is 0 Å². The Hall–Kier alpha value is -2.53. The second-order valence-electron chi connectivity index (χ2n) is 5.01. The number of halogens is 2. The van der Waals surface area contributed by atoms with Crippen LogP contribution in [0.1, 0.15) is 0 Å². The zero-order valence-electron chi connectivity index (χ0n) is 11.6. The number of hydrogen-bond acceptors (Lipinski definition) is 3. The fourth-order valence-corrected chi connectivity index (χ4v) is 2.89. The zero-order valence-corrected chi connectivity index (χ0v) is 12.3. The van der Waals surface area contributed by atoms with E-state index in [1.807, 2.05) is 29.8 Å². The van der Waals surface area contributed by atoms with Gasteiger partial charge in [0.15, 0.2) is 5.82 Å². The Morgan fingerprint density at radius 2 is 2.05 bits per heavy atom. The summed E-state index contributed by atoms with van der Waals surface area (Å²) >= 11 is 6.16. The molecule has 0 aromatic carbocycles. The summed E-state index contributed by atoms with van der Waals surface area (Å²) in [4.78, 5) is 12.7. The molecule has 0 amide bonds. The van der Waals surface area contributed by atoms with Crippen LogP contribution in [0.5, 0.6) is 0 Å². The molecule has 0 fully saturated rings. The molecular weight excluding hydrogens is 303 g/mol. The number of nitrogens with zero attached hydrogens (tertiary/aromatic N) is 4. The van der Waals surface area contributed by atoms with E-state index in [-0.39, 0.29) is 5.02 Å². The topological polar surface area (TPSA) is 43.6 Å². The molecular formula is C16H10ClFN4. The lowest BCUT2D eigenvalue weighted by atomic mass is 10.1. The first kappa shape index (κ1) is 13.2. The number of rotatable bonds is 1. The van der Waals surface area contributed by atoms with Gasteiger partial charge < -0.3 is 4.57 Å². The van der Waals surface area contributed by atoms with Crippen LogP contribution < -0.4 is 0 Å². The molecule has 22 heavy (non-hydrogen) atoms. The van der Waals surface area contributed by atoms with Crippen LogP contribution in [-0.4, -0.2) is 19.5 Å². The van der Waals surface area contributed by atoms with Crippen molar-refractivity contribution >= 4 is 33.5 Å². The number of aromatic nitrogens is 4. The van der Waals surface area contributed by atoms with E-state index in [0.29, 0.717) is 11.0 Å². The molecule has 4 nitrogen and oxygen atoms in total. The van der Waals surface area contributed by atoms with E-state index in [2.05, 4.69) is 15.0 Å². The average molecular weight is 313 g/mol. The van der Waals surface area contributed by atoms with E-state index in [4.69, 9.17) is 11.6 Å². The normalized spacial score (nSPS) is 11.4. The standard InChI is InChI=1S/C16H10ClFN4/c1-22-13-8-20-12(9-3-2-4-19-6-9)5-10(13)14-15(17)11(18)7-21-16(14)22/h2-8H,1H3. The van der Waals surface area contributed by atoms with Crippen molar-refractivity contribution in [3.05, 3.63) is 53.8 Å². The molecule has 0 bridgehead atoms. The molecule has 0 saturated heterocycles. The fraction of sp³-hybridized carbons (Fsp3) is 0.0625. The van der Waals surface area contributed by atoms with Gasteiger partial charge in [-0.1, -0.05) is 11.6 Å². The highest BCUT2D eigenvalue weighted by molar-refractivity contribution is 6.37. The molecule has 108 valence electrons. The molecule has 4 heterocycles. The average Bonchev–Trinajstić information content (AvgIpc) is 2.84. The highest BCUT2D eigenvalue weighted by Gasteiger charge is 2.16. The molecule has 0 atom stereocenters. The molecule has 0 unspecified atom stereocenters. The summed E-state index contributed by atoms with van der Waals surface area (Å²) in [6, 6.07) is 5.66. The lowest BCUT2D eigenvalue weighted by Crippen LogP contribution is -1.91. The minimum absolute atomic E-state index is 0.0823. The summed E-state index contributed by atoms with van der Waals surface area (Å²) in [5.41, 5.74) is 3.13. The van der Waals surface area contributed by atoms with Crippen LogP contribution in [0.3, 0.4) is 0 Å². The van der Waals surface area contributed by atoms with Crippen molar-refractivity contribution in [2.24, 2.45) is 7.05 Å². The van der Waals surface area contributed by atoms with Crippen LogP contribution in [-0.2, 0) is 7.05 Å². The van der Waals surface area contributed by atoms with Gasteiger partial charge >= 0.3 is 0 Å². The molecule has 4 aromatic heterocycles. The summed E-state index contributed by atoms with van der Waals surface area (Å²) in [5, 5.41) is 1.51. The molecule has 6 heteroatoms. The van der Waals surface area contributed by atoms with Gasteiger partial charge in [-0.05, 0) is 18.2 Å². The van der Waals surface area contributed by atoms with Crippen molar-refractivity contribution in [1.82, 2.24) is 19.5 Å². The first-order valence-electron chi connectivity index (χ1n) is 6.65. The minimum Gasteiger partial charge on any atom is -0.327 e. The number of fused-ring (bicyclic) bond motifs is 3. The monoisotopic (exact) mass is 312 g/mol. The first-order chi connectivity index (χ1) is 10.7. The number of hydrogen-bond donors (Lipinski definition) is 0. The molecule has 0 aliphatic heterocycles. The van der Waals surface area contributed by atoms with E-state index in [1.54, 1.807) is 18.6 Å². The summed E-state index contributed by atoms with van der Waals surface area (Å²) in [5.74, 6) is -0.526. The molecule has 0 saturated carbocycles. The van der Waals surface area contributed by atoms with E-state index < -0.39 is 5.82 Å². The van der Waals surface area contributed by atoms with Crippen LogP contribution >= 0.6 is 11.6 Å². The molecule has 4 rings (SSSR count). The third kappa shape index (κ3) is 1.79. The van der Waals surface area contributed by atoms with E-state index >= 15 is 0 Å². The van der Waals surface area contributed by atoms with Gasteiger partial charge in [0.1, 0.15) is 5.65 Å². The van der Waals surface area contributed by atoms with E-state index in [0.717, 1.165) is 28.4 Å². The highest BCUT2D eigenvalue weighted by Crippen LogP contribution is 2.34. The van der Waals surface area contributed by atoms with Gasteiger partial charge in [-0.2, -0.15) is 0 Å². The fourth-order valence-electron chi connectivity index (χ4n) is 2.65. The quantitative estimate of drug-likeness (QED) is 0.534. The molecule has 0 aliphatic rings. The first-order valence-corrected chi connectivity index (χ1v) is 7.03. The molecule has 4 aromatic rings. The Kier molecular flexibility index (Phi) is 2.84. The van der Waals surface area contributed by atoms with Crippen molar-refractivity contribution in [3.63, 3.8) is 0 Å². The van der Waals surface area contributed by atoms with Gasteiger partial charge in [0.25, 0.3) is 0 Å². The SMILES string of the molecule is Cn1c2cnc(-c3cccnc3)cc2c2c(Cl)c(F)cnc21. The van der Waals surface area contributed by atoms with Crippen molar-refractivity contribution in [3.8, 4) is 11.3 Å². The maximum absolute atomic E-state index is 13.8. The molecule has 0 N–H and O–H groups in total. The largest absolute Gasteiger partial charge is 0.327 e. The summed E-state index contributed by atoms with van der Waals surface area (Å²) in [7, 11) is 1.86. The van der Waals surface area contributed by atoms with Gasteiger partial charge in [-0.3, -0.25) is 9.97 Å². The second-order valence-corrected chi connectivity index (χ2v) is 5.38. The van der Waals surface area contributed by atoms with Crippen LogP contribution in [0.2, 0.25) is 5.02 Å².